The molecule has 2 fully saturated rings. The lowest BCUT2D eigenvalue weighted by atomic mass is 9.96. The molecule has 1 aliphatic carbocycles. The second-order valence-electron chi connectivity index (χ2n) is 6.65. The summed E-state index contributed by atoms with van der Waals surface area (Å²) >= 11 is 0. The Bertz CT molecular complexity index is 428. The molecule has 110 valence electrons. The highest BCUT2D eigenvalue weighted by Gasteiger charge is 2.34. The van der Waals surface area contributed by atoms with Gasteiger partial charge in [0.15, 0.2) is 0 Å². The first-order chi connectivity index (χ1) is 9.65. The average Bonchev–Trinajstić information content (AvgIpc) is 3.20. The van der Waals surface area contributed by atoms with Gasteiger partial charge in [0.2, 0.25) is 0 Å². The number of nitrogens with zero attached hydrogens (tertiary/aromatic N) is 1. The SMILES string of the molecule is CC(O)(CNCC1CCN(C2CC2)C1)c1ccccc1. The van der Waals surface area contributed by atoms with Crippen molar-refractivity contribution in [1.82, 2.24) is 10.2 Å². The molecule has 1 saturated heterocycles. The summed E-state index contributed by atoms with van der Waals surface area (Å²) in [5.41, 5.74) is 0.203. The van der Waals surface area contributed by atoms with Crippen LogP contribution in [0.15, 0.2) is 30.3 Å². The molecular formula is C17H26N2O. The van der Waals surface area contributed by atoms with Gasteiger partial charge in [0.05, 0.1) is 5.60 Å². The van der Waals surface area contributed by atoms with Crippen molar-refractivity contribution in [2.45, 2.75) is 37.8 Å². The van der Waals surface area contributed by atoms with Crippen molar-refractivity contribution in [1.29, 1.82) is 0 Å². The Kier molecular flexibility index (Phi) is 4.11. The Labute approximate surface area is 122 Å². The van der Waals surface area contributed by atoms with Crippen molar-refractivity contribution >= 4 is 0 Å². The fraction of sp³-hybridized carbons (Fsp3) is 0.647. The Morgan fingerprint density at radius 2 is 2.00 bits per heavy atom. The number of aliphatic hydroxyl groups is 1. The summed E-state index contributed by atoms with van der Waals surface area (Å²) in [7, 11) is 0. The molecule has 0 radical (unpaired) electrons. The van der Waals surface area contributed by atoms with Gasteiger partial charge in [-0.25, -0.2) is 0 Å². The highest BCUT2D eigenvalue weighted by atomic mass is 16.3. The molecule has 3 heteroatoms. The lowest BCUT2D eigenvalue weighted by Crippen LogP contribution is -2.38. The third-order valence-electron chi connectivity index (χ3n) is 4.68. The molecule has 1 heterocycles. The number of nitrogens with one attached hydrogen (secondary N) is 1. The van der Waals surface area contributed by atoms with E-state index in [1.54, 1.807) is 0 Å². The third-order valence-corrected chi connectivity index (χ3v) is 4.68. The summed E-state index contributed by atoms with van der Waals surface area (Å²) in [5.74, 6) is 0.752. The molecule has 1 aromatic carbocycles. The molecule has 1 saturated carbocycles. The van der Waals surface area contributed by atoms with Crippen molar-refractivity contribution in [3.8, 4) is 0 Å². The lowest BCUT2D eigenvalue weighted by Gasteiger charge is -2.25. The fourth-order valence-corrected chi connectivity index (χ4v) is 3.22. The van der Waals surface area contributed by atoms with Crippen LogP contribution < -0.4 is 5.32 Å². The molecule has 0 amide bonds. The smallest absolute Gasteiger partial charge is 0.0992 e. The first-order valence-electron chi connectivity index (χ1n) is 7.88. The molecule has 3 nitrogen and oxygen atoms in total. The predicted molar refractivity (Wildman–Crippen MR) is 81.6 cm³/mol. The summed E-state index contributed by atoms with van der Waals surface area (Å²) in [5, 5.41) is 14.0. The van der Waals surface area contributed by atoms with Crippen molar-refractivity contribution in [2.24, 2.45) is 5.92 Å². The molecule has 2 atom stereocenters. The van der Waals surface area contributed by atoms with E-state index in [9.17, 15) is 5.11 Å². The Hall–Kier alpha value is -0.900. The highest BCUT2D eigenvalue weighted by Crippen LogP contribution is 2.31. The fourth-order valence-electron chi connectivity index (χ4n) is 3.22. The van der Waals surface area contributed by atoms with Gasteiger partial charge in [-0.3, -0.25) is 0 Å². The van der Waals surface area contributed by atoms with Crippen LogP contribution >= 0.6 is 0 Å². The van der Waals surface area contributed by atoms with Crippen LogP contribution in [0.25, 0.3) is 0 Å². The normalized spacial score (nSPS) is 26.6. The van der Waals surface area contributed by atoms with E-state index in [4.69, 9.17) is 0 Å². The third kappa shape index (κ3) is 3.40. The first-order valence-corrected chi connectivity index (χ1v) is 7.88. The standard InChI is InChI=1S/C17H26N2O/c1-17(20,15-5-3-2-4-6-15)13-18-11-14-9-10-19(12-14)16-7-8-16/h2-6,14,16,18,20H,7-13H2,1H3. The molecule has 2 N–H and O–H groups in total. The summed E-state index contributed by atoms with van der Waals surface area (Å²) in [4.78, 5) is 2.64. The Balaban J connectivity index is 1.43. The van der Waals surface area contributed by atoms with E-state index in [1.165, 1.54) is 32.4 Å². The van der Waals surface area contributed by atoms with Gasteiger partial charge in [-0.05, 0) is 50.8 Å². The summed E-state index contributed by atoms with van der Waals surface area (Å²) in [6.45, 7) is 6.04. The van der Waals surface area contributed by atoms with E-state index < -0.39 is 5.60 Å². The van der Waals surface area contributed by atoms with Gasteiger partial charge in [-0.2, -0.15) is 0 Å². The van der Waals surface area contributed by atoms with E-state index in [-0.39, 0.29) is 0 Å². The van der Waals surface area contributed by atoms with E-state index >= 15 is 0 Å². The van der Waals surface area contributed by atoms with Gasteiger partial charge in [-0.1, -0.05) is 30.3 Å². The van der Waals surface area contributed by atoms with Crippen LogP contribution in [0, 0.1) is 5.92 Å². The van der Waals surface area contributed by atoms with Gasteiger partial charge < -0.3 is 15.3 Å². The van der Waals surface area contributed by atoms with E-state index in [0.29, 0.717) is 6.54 Å². The summed E-state index contributed by atoms with van der Waals surface area (Å²) < 4.78 is 0. The number of likely N-dealkylation sites (tertiary alicyclic amines) is 1. The molecule has 0 spiro atoms. The zero-order chi connectivity index (χ0) is 14.0. The molecule has 0 bridgehead atoms. The first kappa shape index (κ1) is 14.1. The number of hydrogen-bond acceptors (Lipinski definition) is 3. The molecule has 2 aliphatic rings. The zero-order valence-electron chi connectivity index (χ0n) is 12.4. The maximum atomic E-state index is 10.5. The largest absolute Gasteiger partial charge is 0.384 e. The van der Waals surface area contributed by atoms with Gasteiger partial charge >= 0.3 is 0 Å². The minimum absolute atomic E-state index is 0.622. The molecule has 20 heavy (non-hydrogen) atoms. The second kappa shape index (κ2) is 5.84. The molecular weight excluding hydrogens is 248 g/mol. The summed E-state index contributed by atoms with van der Waals surface area (Å²) in [6, 6.07) is 10.8. The molecule has 0 aromatic heterocycles. The topological polar surface area (TPSA) is 35.5 Å². The molecule has 2 unspecified atom stereocenters. The minimum Gasteiger partial charge on any atom is -0.384 e. The molecule has 3 rings (SSSR count). The van der Waals surface area contributed by atoms with Crippen LogP contribution in [0.1, 0.15) is 31.7 Å². The second-order valence-corrected chi connectivity index (χ2v) is 6.65. The minimum atomic E-state index is -0.782. The zero-order valence-corrected chi connectivity index (χ0v) is 12.4. The van der Waals surface area contributed by atoms with Gasteiger partial charge in [0.25, 0.3) is 0 Å². The highest BCUT2D eigenvalue weighted by molar-refractivity contribution is 5.21. The van der Waals surface area contributed by atoms with Crippen LogP contribution in [-0.4, -0.2) is 42.2 Å². The van der Waals surface area contributed by atoms with E-state index in [1.807, 2.05) is 37.3 Å². The maximum Gasteiger partial charge on any atom is 0.0992 e. The quantitative estimate of drug-likeness (QED) is 0.832. The predicted octanol–water partition coefficient (Wildman–Crippen LogP) is 1.97. The monoisotopic (exact) mass is 274 g/mol. The number of benzene rings is 1. The van der Waals surface area contributed by atoms with E-state index in [2.05, 4.69) is 10.2 Å². The van der Waals surface area contributed by atoms with Gasteiger partial charge in [0.1, 0.15) is 0 Å². The summed E-state index contributed by atoms with van der Waals surface area (Å²) in [6.07, 6.45) is 4.11. The number of rotatable bonds is 6. The van der Waals surface area contributed by atoms with Crippen molar-refractivity contribution < 1.29 is 5.11 Å². The average molecular weight is 274 g/mol. The molecule has 1 aliphatic heterocycles. The maximum absolute atomic E-state index is 10.5. The van der Waals surface area contributed by atoms with Crippen LogP contribution in [0.3, 0.4) is 0 Å². The van der Waals surface area contributed by atoms with Crippen LogP contribution in [0.4, 0.5) is 0 Å². The Morgan fingerprint density at radius 1 is 1.25 bits per heavy atom. The van der Waals surface area contributed by atoms with Crippen LogP contribution in [0.2, 0.25) is 0 Å². The van der Waals surface area contributed by atoms with Gasteiger partial charge in [0, 0.05) is 19.1 Å². The van der Waals surface area contributed by atoms with Crippen LogP contribution in [-0.2, 0) is 5.60 Å². The van der Waals surface area contributed by atoms with Crippen molar-refractivity contribution in [3.05, 3.63) is 35.9 Å². The Morgan fingerprint density at radius 3 is 2.70 bits per heavy atom. The van der Waals surface area contributed by atoms with Crippen molar-refractivity contribution in [3.63, 3.8) is 0 Å². The lowest BCUT2D eigenvalue weighted by molar-refractivity contribution is 0.0561. The van der Waals surface area contributed by atoms with E-state index in [0.717, 1.165) is 24.1 Å². The van der Waals surface area contributed by atoms with Gasteiger partial charge in [-0.15, -0.1) is 0 Å². The number of hydrogen-bond donors (Lipinski definition) is 2. The van der Waals surface area contributed by atoms with Crippen LogP contribution in [0.5, 0.6) is 0 Å². The van der Waals surface area contributed by atoms with Crippen molar-refractivity contribution in [2.75, 3.05) is 26.2 Å². The molecule has 1 aromatic rings.